The second kappa shape index (κ2) is 7.22. The molecule has 8 heteroatoms. The summed E-state index contributed by atoms with van der Waals surface area (Å²) in [7, 11) is 0. The fourth-order valence-corrected chi connectivity index (χ4v) is 2.17. The first-order valence-electron chi connectivity index (χ1n) is 7.45. The number of aromatic nitrogens is 2. The third-order valence-electron chi connectivity index (χ3n) is 3.40. The molecule has 0 spiro atoms. The molecular weight excluding hydrogens is 347 g/mol. The first kappa shape index (κ1) is 17.4. The molecule has 0 aliphatic rings. The summed E-state index contributed by atoms with van der Waals surface area (Å²) < 4.78 is 42.6. The predicted molar refractivity (Wildman–Crippen MR) is 88.8 cm³/mol. The van der Waals surface area contributed by atoms with Gasteiger partial charge in [-0.1, -0.05) is 18.2 Å². The van der Waals surface area contributed by atoms with E-state index in [1.807, 2.05) is 0 Å². The van der Waals surface area contributed by atoms with E-state index in [-0.39, 0.29) is 0 Å². The van der Waals surface area contributed by atoms with Crippen LogP contribution in [0.4, 0.5) is 18.9 Å². The van der Waals surface area contributed by atoms with E-state index in [9.17, 15) is 18.0 Å². The molecular formula is C18H12F3N3O2. The lowest BCUT2D eigenvalue weighted by Crippen LogP contribution is -2.07. The van der Waals surface area contributed by atoms with Crippen molar-refractivity contribution >= 4 is 17.7 Å². The van der Waals surface area contributed by atoms with Gasteiger partial charge in [0.25, 0.3) is 0 Å². The number of hydrogen-bond acceptors (Lipinski definition) is 4. The van der Waals surface area contributed by atoms with Crippen LogP contribution in [0.15, 0.2) is 65.4 Å². The molecule has 1 heterocycles. The van der Waals surface area contributed by atoms with Crippen LogP contribution >= 0.6 is 0 Å². The maximum absolute atomic E-state index is 12.5. The Hall–Kier alpha value is -3.42. The monoisotopic (exact) mass is 359 g/mol. The second-order valence-corrected chi connectivity index (χ2v) is 5.27. The number of nitrogens with zero attached hydrogens (tertiary/aromatic N) is 2. The van der Waals surface area contributed by atoms with Crippen molar-refractivity contribution < 1.29 is 22.4 Å². The van der Waals surface area contributed by atoms with Crippen molar-refractivity contribution in [3.8, 4) is 11.5 Å². The Kier molecular flexibility index (Phi) is 4.83. The van der Waals surface area contributed by atoms with Crippen LogP contribution in [-0.2, 0) is 11.0 Å². The van der Waals surface area contributed by atoms with Gasteiger partial charge in [-0.3, -0.25) is 4.79 Å². The van der Waals surface area contributed by atoms with Gasteiger partial charge in [0.2, 0.25) is 18.2 Å². The van der Waals surface area contributed by atoms with Crippen LogP contribution in [0.25, 0.3) is 17.5 Å². The molecule has 132 valence electrons. The summed E-state index contributed by atoms with van der Waals surface area (Å²) in [6, 6.07) is 11.3. The van der Waals surface area contributed by atoms with Gasteiger partial charge in [0, 0.05) is 17.3 Å². The SMILES string of the molecule is O=C(/C=C/c1ccc(C(F)(F)F)cc1)Nc1cccc(-c2nnco2)c1. The maximum Gasteiger partial charge on any atom is 0.416 e. The quantitative estimate of drug-likeness (QED) is 0.701. The lowest BCUT2D eigenvalue weighted by Gasteiger charge is -2.06. The molecule has 3 rings (SSSR count). The minimum atomic E-state index is -4.39. The summed E-state index contributed by atoms with van der Waals surface area (Å²) in [6.45, 7) is 0. The van der Waals surface area contributed by atoms with E-state index in [2.05, 4.69) is 15.5 Å². The summed E-state index contributed by atoms with van der Waals surface area (Å²) in [4.78, 5) is 12.0. The fourth-order valence-electron chi connectivity index (χ4n) is 2.17. The number of anilines is 1. The number of amides is 1. The van der Waals surface area contributed by atoms with Gasteiger partial charge in [-0.05, 0) is 42.0 Å². The summed E-state index contributed by atoms with van der Waals surface area (Å²) in [5.41, 5.74) is 0.902. The van der Waals surface area contributed by atoms with Gasteiger partial charge >= 0.3 is 6.18 Å². The highest BCUT2D eigenvalue weighted by Gasteiger charge is 2.29. The van der Waals surface area contributed by atoms with Crippen LogP contribution in [-0.4, -0.2) is 16.1 Å². The predicted octanol–water partition coefficient (Wildman–Crippen LogP) is 4.41. The Balaban J connectivity index is 1.65. The van der Waals surface area contributed by atoms with Crippen LogP contribution in [0.5, 0.6) is 0 Å². The Morgan fingerprint density at radius 1 is 1.12 bits per heavy atom. The highest BCUT2D eigenvalue weighted by atomic mass is 19.4. The first-order chi connectivity index (χ1) is 12.4. The summed E-state index contributed by atoms with van der Waals surface area (Å²) in [6.07, 6.45) is -0.518. The van der Waals surface area contributed by atoms with Gasteiger partial charge in [-0.15, -0.1) is 10.2 Å². The van der Waals surface area contributed by atoms with E-state index in [4.69, 9.17) is 4.42 Å². The number of hydrogen-bond donors (Lipinski definition) is 1. The molecule has 0 radical (unpaired) electrons. The van der Waals surface area contributed by atoms with E-state index < -0.39 is 17.6 Å². The lowest BCUT2D eigenvalue weighted by atomic mass is 10.1. The van der Waals surface area contributed by atoms with Crippen molar-refractivity contribution in [2.45, 2.75) is 6.18 Å². The Labute approximate surface area is 146 Å². The molecule has 0 bridgehead atoms. The number of carbonyl (C=O) groups is 1. The first-order valence-corrected chi connectivity index (χ1v) is 7.45. The zero-order valence-electron chi connectivity index (χ0n) is 13.2. The summed E-state index contributed by atoms with van der Waals surface area (Å²) in [5.74, 6) is -0.103. The largest absolute Gasteiger partial charge is 0.423 e. The van der Waals surface area contributed by atoms with Gasteiger partial charge in [0.05, 0.1) is 5.56 Å². The van der Waals surface area contributed by atoms with E-state index in [1.54, 1.807) is 24.3 Å². The number of benzene rings is 2. The van der Waals surface area contributed by atoms with Crippen LogP contribution in [0.3, 0.4) is 0 Å². The normalized spacial score (nSPS) is 11.7. The smallest absolute Gasteiger partial charge is 0.416 e. The molecule has 0 aliphatic carbocycles. The lowest BCUT2D eigenvalue weighted by molar-refractivity contribution is -0.137. The van der Waals surface area contributed by atoms with Crippen molar-refractivity contribution in [1.29, 1.82) is 0 Å². The fraction of sp³-hybridized carbons (Fsp3) is 0.0556. The highest BCUT2D eigenvalue weighted by Crippen LogP contribution is 2.29. The van der Waals surface area contributed by atoms with Gasteiger partial charge in [-0.25, -0.2) is 0 Å². The number of carbonyl (C=O) groups excluding carboxylic acids is 1. The van der Waals surface area contributed by atoms with Gasteiger partial charge in [0.15, 0.2) is 0 Å². The van der Waals surface area contributed by atoms with E-state index in [0.29, 0.717) is 22.7 Å². The standard InChI is InChI=1S/C18H12F3N3O2/c19-18(20,21)14-7-4-12(5-8-14)6-9-16(25)23-15-3-1-2-13(10-15)17-24-22-11-26-17/h1-11H,(H,23,25)/b9-6+. The molecule has 0 atom stereocenters. The van der Waals surface area contributed by atoms with Crippen molar-refractivity contribution in [2.24, 2.45) is 0 Å². The molecule has 0 fully saturated rings. The zero-order chi connectivity index (χ0) is 18.6. The van der Waals surface area contributed by atoms with Crippen molar-refractivity contribution in [3.05, 3.63) is 72.1 Å². The topological polar surface area (TPSA) is 68.0 Å². The molecule has 0 unspecified atom stereocenters. The second-order valence-electron chi connectivity index (χ2n) is 5.27. The molecule has 0 saturated carbocycles. The maximum atomic E-state index is 12.5. The van der Waals surface area contributed by atoms with Crippen molar-refractivity contribution in [1.82, 2.24) is 10.2 Å². The van der Waals surface area contributed by atoms with E-state index >= 15 is 0 Å². The molecule has 2 aromatic carbocycles. The molecule has 0 aliphatic heterocycles. The molecule has 1 aromatic heterocycles. The van der Waals surface area contributed by atoms with Crippen LogP contribution in [0.1, 0.15) is 11.1 Å². The molecule has 3 aromatic rings. The molecule has 1 amide bonds. The number of alkyl halides is 3. The highest BCUT2D eigenvalue weighted by molar-refractivity contribution is 6.02. The van der Waals surface area contributed by atoms with Gasteiger partial charge in [0.1, 0.15) is 0 Å². The van der Waals surface area contributed by atoms with Crippen LogP contribution in [0, 0.1) is 0 Å². The van der Waals surface area contributed by atoms with E-state index in [1.165, 1.54) is 30.7 Å². The average molecular weight is 359 g/mol. The zero-order valence-corrected chi connectivity index (χ0v) is 13.2. The Morgan fingerprint density at radius 3 is 2.54 bits per heavy atom. The minimum Gasteiger partial charge on any atom is -0.423 e. The van der Waals surface area contributed by atoms with Gasteiger partial charge in [-0.2, -0.15) is 13.2 Å². The van der Waals surface area contributed by atoms with Crippen molar-refractivity contribution in [2.75, 3.05) is 5.32 Å². The third kappa shape index (κ3) is 4.35. The van der Waals surface area contributed by atoms with Crippen molar-refractivity contribution in [3.63, 3.8) is 0 Å². The summed E-state index contributed by atoms with van der Waals surface area (Å²) >= 11 is 0. The summed E-state index contributed by atoms with van der Waals surface area (Å²) in [5, 5.41) is 10.0. The number of halogens is 3. The Bertz CT molecular complexity index is 918. The molecule has 5 nitrogen and oxygen atoms in total. The third-order valence-corrected chi connectivity index (χ3v) is 3.40. The Morgan fingerprint density at radius 2 is 1.88 bits per heavy atom. The van der Waals surface area contributed by atoms with E-state index in [0.717, 1.165) is 12.1 Å². The molecule has 0 saturated heterocycles. The van der Waals surface area contributed by atoms with Crippen LogP contribution < -0.4 is 5.32 Å². The van der Waals surface area contributed by atoms with Crippen LogP contribution in [0.2, 0.25) is 0 Å². The van der Waals surface area contributed by atoms with Gasteiger partial charge < -0.3 is 9.73 Å². The minimum absolute atomic E-state index is 0.321. The number of nitrogens with one attached hydrogen (secondary N) is 1. The molecule has 1 N–H and O–H groups in total. The average Bonchev–Trinajstić information content (AvgIpc) is 3.14. The molecule has 26 heavy (non-hydrogen) atoms. The number of rotatable bonds is 4.